The second-order valence-electron chi connectivity index (χ2n) is 6.19. The average molecular weight is 396 g/mol. The van der Waals surface area contributed by atoms with Gasteiger partial charge in [-0.15, -0.1) is 0 Å². The van der Waals surface area contributed by atoms with E-state index in [2.05, 4.69) is 22.2 Å². The number of benzene rings is 1. The lowest BCUT2D eigenvalue weighted by Gasteiger charge is -2.35. The van der Waals surface area contributed by atoms with Crippen LogP contribution in [0.15, 0.2) is 24.5 Å². The summed E-state index contributed by atoms with van der Waals surface area (Å²) in [4.78, 5) is 21.7. The standard InChI is InChI=1S/C17H19Cl2N5O2/c1-2-14-5-3-4-6-23(14)17-15(24(25)26)16(20-10-21-17)22-13-8-11(18)7-12(19)9-13/h7-10,14H,2-6H2,1H3,(H,20,21,22). The minimum Gasteiger partial charge on any atom is -0.348 e. The Morgan fingerprint density at radius 1 is 1.27 bits per heavy atom. The quantitative estimate of drug-likeness (QED) is 0.552. The van der Waals surface area contributed by atoms with E-state index in [1.807, 2.05) is 4.90 Å². The Balaban J connectivity index is 2.02. The third-order valence-electron chi connectivity index (χ3n) is 4.48. The molecule has 1 fully saturated rings. The van der Waals surface area contributed by atoms with Crippen LogP contribution in [0.5, 0.6) is 0 Å². The molecule has 0 bridgehead atoms. The molecule has 1 atom stereocenters. The summed E-state index contributed by atoms with van der Waals surface area (Å²) in [6.45, 7) is 2.84. The van der Waals surface area contributed by atoms with Crippen LogP contribution in [0.4, 0.5) is 23.0 Å². The van der Waals surface area contributed by atoms with E-state index in [-0.39, 0.29) is 17.5 Å². The maximum Gasteiger partial charge on any atom is 0.353 e. The lowest BCUT2D eigenvalue weighted by atomic mass is 10.00. The zero-order chi connectivity index (χ0) is 18.7. The molecule has 9 heteroatoms. The van der Waals surface area contributed by atoms with Gasteiger partial charge in [-0.1, -0.05) is 30.1 Å². The van der Waals surface area contributed by atoms with Gasteiger partial charge in [0.05, 0.1) is 4.92 Å². The predicted molar refractivity (Wildman–Crippen MR) is 104 cm³/mol. The van der Waals surface area contributed by atoms with E-state index >= 15 is 0 Å². The summed E-state index contributed by atoms with van der Waals surface area (Å²) in [7, 11) is 0. The maximum atomic E-state index is 11.8. The molecule has 1 N–H and O–H groups in total. The highest BCUT2D eigenvalue weighted by Crippen LogP contribution is 2.37. The average Bonchev–Trinajstić information content (AvgIpc) is 2.60. The molecular weight excluding hydrogens is 377 g/mol. The summed E-state index contributed by atoms with van der Waals surface area (Å²) in [5.74, 6) is 0.478. The number of halogens is 2. The number of nitrogens with one attached hydrogen (secondary N) is 1. The molecule has 0 spiro atoms. The van der Waals surface area contributed by atoms with Crippen molar-refractivity contribution in [2.24, 2.45) is 0 Å². The van der Waals surface area contributed by atoms with Crippen molar-refractivity contribution in [3.63, 3.8) is 0 Å². The molecule has 1 aliphatic rings. The molecule has 7 nitrogen and oxygen atoms in total. The lowest BCUT2D eigenvalue weighted by Crippen LogP contribution is -2.40. The Bertz CT molecular complexity index is 797. The van der Waals surface area contributed by atoms with Crippen LogP contribution in [0.2, 0.25) is 10.0 Å². The SMILES string of the molecule is CCC1CCCCN1c1ncnc(Nc2cc(Cl)cc(Cl)c2)c1[N+](=O)[O-]. The largest absolute Gasteiger partial charge is 0.353 e. The van der Waals surface area contributed by atoms with Crippen LogP contribution in [-0.4, -0.2) is 27.5 Å². The highest BCUT2D eigenvalue weighted by molar-refractivity contribution is 6.35. The van der Waals surface area contributed by atoms with Gasteiger partial charge in [-0.05, 0) is 43.9 Å². The van der Waals surface area contributed by atoms with Gasteiger partial charge in [0.25, 0.3) is 0 Å². The summed E-state index contributed by atoms with van der Waals surface area (Å²) in [6.07, 6.45) is 5.38. The normalized spacial score (nSPS) is 17.2. The molecule has 0 amide bonds. The lowest BCUT2D eigenvalue weighted by molar-refractivity contribution is -0.383. The van der Waals surface area contributed by atoms with Crippen molar-refractivity contribution in [1.29, 1.82) is 0 Å². The summed E-state index contributed by atoms with van der Waals surface area (Å²) >= 11 is 12.0. The zero-order valence-electron chi connectivity index (χ0n) is 14.3. The Labute approximate surface area is 161 Å². The number of hydrogen-bond donors (Lipinski definition) is 1. The van der Waals surface area contributed by atoms with Crippen molar-refractivity contribution in [2.45, 2.75) is 38.6 Å². The highest BCUT2D eigenvalue weighted by Gasteiger charge is 2.31. The third-order valence-corrected chi connectivity index (χ3v) is 4.92. The van der Waals surface area contributed by atoms with Crippen molar-refractivity contribution >= 4 is 46.2 Å². The van der Waals surface area contributed by atoms with Crippen LogP contribution in [0.1, 0.15) is 32.6 Å². The van der Waals surface area contributed by atoms with Gasteiger partial charge < -0.3 is 10.2 Å². The predicted octanol–water partition coefficient (Wildman–Crippen LogP) is 5.20. The number of anilines is 3. The first-order valence-corrected chi connectivity index (χ1v) is 9.24. The van der Waals surface area contributed by atoms with Crippen molar-refractivity contribution in [3.8, 4) is 0 Å². The maximum absolute atomic E-state index is 11.8. The summed E-state index contributed by atoms with van der Waals surface area (Å²) in [6, 6.07) is 5.10. The van der Waals surface area contributed by atoms with Crippen LogP contribution < -0.4 is 10.2 Å². The van der Waals surface area contributed by atoms with E-state index in [1.54, 1.807) is 18.2 Å². The summed E-state index contributed by atoms with van der Waals surface area (Å²) in [5, 5.41) is 15.6. The number of nitrogens with zero attached hydrogens (tertiary/aromatic N) is 4. The first kappa shape index (κ1) is 18.7. The van der Waals surface area contributed by atoms with Crippen LogP contribution in [-0.2, 0) is 0 Å². The summed E-state index contributed by atoms with van der Waals surface area (Å²) < 4.78 is 0. The Morgan fingerprint density at radius 2 is 2.00 bits per heavy atom. The van der Waals surface area contributed by atoms with Crippen LogP contribution in [0.3, 0.4) is 0 Å². The van der Waals surface area contributed by atoms with Crippen LogP contribution >= 0.6 is 23.2 Å². The first-order valence-electron chi connectivity index (χ1n) is 8.48. The second-order valence-corrected chi connectivity index (χ2v) is 7.06. The number of rotatable bonds is 5. The van der Waals surface area contributed by atoms with E-state index in [1.165, 1.54) is 6.33 Å². The van der Waals surface area contributed by atoms with Gasteiger partial charge in [-0.3, -0.25) is 10.1 Å². The molecule has 2 heterocycles. The number of hydrogen-bond acceptors (Lipinski definition) is 6. The topological polar surface area (TPSA) is 84.2 Å². The molecule has 2 aromatic rings. The van der Waals surface area contributed by atoms with Gasteiger partial charge in [0.2, 0.25) is 11.6 Å². The Kier molecular flexibility index (Phi) is 5.78. The van der Waals surface area contributed by atoms with Crippen LogP contribution in [0.25, 0.3) is 0 Å². The van der Waals surface area contributed by atoms with Crippen molar-refractivity contribution in [3.05, 3.63) is 44.7 Å². The fraction of sp³-hybridized carbons (Fsp3) is 0.412. The van der Waals surface area contributed by atoms with Crippen molar-refractivity contribution in [2.75, 3.05) is 16.8 Å². The van der Waals surface area contributed by atoms with Gasteiger partial charge >= 0.3 is 5.69 Å². The van der Waals surface area contributed by atoms with E-state index in [0.717, 1.165) is 32.2 Å². The van der Waals surface area contributed by atoms with Gasteiger partial charge in [-0.25, -0.2) is 9.97 Å². The number of aromatic nitrogens is 2. The third kappa shape index (κ3) is 3.99. The molecule has 138 valence electrons. The van der Waals surface area contributed by atoms with E-state index in [0.29, 0.717) is 21.6 Å². The molecule has 26 heavy (non-hydrogen) atoms. The molecule has 0 aliphatic carbocycles. The molecule has 1 saturated heterocycles. The van der Waals surface area contributed by atoms with Crippen molar-refractivity contribution < 1.29 is 4.92 Å². The number of piperidine rings is 1. The van der Waals surface area contributed by atoms with Crippen LogP contribution in [0, 0.1) is 10.1 Å². The van der Waals surface area contributed by atoms with E-state index in [9.17, 15) is 10.1 Å². The van der Waals surface area contributed by atoms with E-state index < -0.39 is 4.92 Å². The smallest absolute Gasteiger partial charge is 0.348 e. The van der Waals surface area contributed by atoms with Gasteiger partial charge in [0.1, 0.15) is 6.33 Å². The minimum atomic E-state index is -0.439. The summed E-state index contributed by atoms with van der Waals surface area (Å²) in [5.41, 5.74) is 0.393. The zero-order valence-corrected chi connectivity index (χ0v) is 15.8. The first-order chi connectivity index (χ1) is 12.5. The Hall–Kier alpha value is -2.12. The van der Waals surface area contributed by atoms with Crippen molar-refractivity contribution in [1.82, 2.24) is 9.97 Å². The highest BCUT2D eigenvalue weighted by atomic mass is 35.5. The number of nitro groups is 1. The molecule has 1 aliphatic heterocycles. The molecule has 0 saturated carbocycles. The fourth-order valence-electron chi connectivity index (χ4n) is 3.31. The van der Waals surface area contributed by atoms with Gasteiger partial charge in [0, 0.05) is 28.3 Å². The molecule has 3 rings (SSSR count). The molecule has 1 unspecified atom stereocenters. The van der Waals surface area contributed by atoms with Gasteiger partial charge in [0.15, 0.2) is 0 Å². The second kappa shape index (κ2) is 8.05. The minimum absolute atomic E-state index is 0.124. The molecule has 1 aromatic heterocycles. The molecular formula is C17H19Cl2N5O2. The molecule has 0 radical (unpaired) electrons. The monoisotopic (exact) mass is 395 g/mol. The Morgan fingerprint density at radius 3 is 2.65 bits per heavy atom. The van der Waals surface area contributed by atoms with Gasteiger partial charge in [-0.2, -0.15) is 0 Å². The van der Waals surface area contributed by atoms with E-state index in [4.69, 9.17) is 23.2 Å². The fourth-order valence-corrected chi connectivity index (χ4v) is 3.83. The molecule has 1 aromatic carbocycles.